The molecule has 2 heterocycles. The summed E-state index contributed by atoms with van der Waals surface area (Å²) in [7, 11) is 0. The van der Waals surface area contributed by atoms with Gasteiger partial charge < -0.3 is 15.3 Å². The summed E-state index contributed by atoms with van der Waals surface area (Å²) in [4.78, 5) is 22.4. The predicted octanol–water partition coefficient (Wildman–Crippen LogP) is 1.86. The van der Waals surface area contributed by atoms with Crippen LogP contribution in [0.15, 0.2) is 42.9 Å². The average molecular weight is 254 g/mol. The maximum atomic E-state index is 12.1. The fourth-order valence-electron chi connectivity index (χ4n) is 2.11. The number of hydrogen-bond acceptors (Lipinski definition) is 2. The van der Waals surface area contributed by atoms with Crippen molar-refractivity contribution in [1.82, 2.24) is 20.3 Å². The van der Waals surface area contributed by atoms with Crippen molar-refractivity contribution < 1.29 is 4.79 Å². The molecule has 0 radical (unpaired) electrons. The molecule has 5 nitrogen and oxygen atoms in total. The van der Waals surface area contributed by atoms with E-state index in [1.54, 1.807) is 12.4 Å². The number of amides is 1. The van der Waals surface area contributed by atoms with Crippen molar-refractivity contribution in [2.75, 3.05) is 6.54 Å². The lowest BCUT2D eigenvalue weighted by atomic mass is 10.1. The summed E-state index contributed by atoms with van der Waals surface area (Å²) in [5.74, 6) is 0.817. The molecule has 0 aliphatic rings. The van der Waals surface area contributed by atoms with E-state index >= 15 is 0 Å². The zero-order chi connectivity index (χ0) is 13.1. The number of benzene rings is 1. The van der Waals surface area contributed by atoms with Crippen LogP contribution in [0.2, 0.25) is 0 Å². The second-order valence-electron chi connectivity index (χ2n) is 4.29. The lowest BCUT2D eigenvalue weighted by Gasteiger charge is -2.05. The molecular formula is C14H14N4O. The van der Waals surface area contributed by atoms with Gasteiger partial charge in [0.2, 0.25) is 0 Å². The van der Waals surface area contributed by atoms with Crippen LogP contribution in [-0.2, 0) is 6.42 Å². The minimum atomic E-state index is -0.0586. The molecule has 0 saturated heterocycles. The molecule has 1 amide bonds. The first-order chi connectivity index (χ1) is 9.34. The highest BCUT2D eigenvalue weighted by Crippen LogP contribution is 2.16. The Kier molecular flexibility index (Phi) is 3.02. The summed E-state index contributed by atoms with van der Waals surface area (Å²) in [6.07, 6.45) is 6.02. The smallest absolute Gasteiger partial charge is 0.251 e. The van der Waals surface area contributed by atoms with Crippen molar-refractivity contribution in [1.29, 1.82) is 0 Å². The zero-order valence-corrected chi connectivity index (χ0v) is 10.3. The Morgan fingerprint density at radius 3 is 3.00 bits per heavy atom. The largest absolute Gasteiger partial charge is 0.361 e. The van der Waals surface area contributed by atoms with Crippen LogP contribution >= 0.6 is 0 Å². The topological polar surface area (TPSA) is 73.6 Å². The Labute approximate surface area is 110 Å². The molecule has 2 aromatic heterocycles. The second-order valence-corrected chi connectivity index (χ2v) is 4.29. The Bertz CT molecular complexity index is 684. The van der Waals surface area contributed by atoms with Gasteiger partial charge in [-0.05, 0) is 18.2 Å². The van der Waals surface area contributed by atoms with Crippen LogP contribution in [0.4, 0.5) is 0 Å². The monoisotopic (exact) mass is 254 g/mol. The predicted molar refractivity (Wildman–Crippen MR) is 72.9 cm³/mol. The quantitative estimate of drug-likeness (QED) is 0.665. The number of H-pyrrole nitrogens is 2. The van der Waals surface area contributed by atoms with E-state index in [-0.39, 0.29) is 5.91 Å². The van der Waals surface area contributed by atoms with E-state index in [0.717, 1.165) is 16.7 Å². The van der Waals surface area contributed by atoms with Crippen molar-refractivity contribution >= 4 is 16.8 Å². The van der Waals surface area contributed by atoms with Crippen molar-refractivity contribution in [2.24, 2.45) is 0 Å². The normalized spacial score (nSPS) is 10.7. The minimum absolute atomic E-state index is 0.0586. The number of aromatic amines is 2. The lowest BCUT2D eigenvalue weighted by molar-refractivity contribution is 0.0955. The van der Waals surface area contributed by atoms with Gasteiger partial charge in [-0.1, -0.05) is 6.07 Å². The maximum absolute atomic E-state index is 12.1. The first-order valence-corrected chi connectivity index (χ1v) is 6.17. The van der Waals surface area contributed by atoms with E-state index in [2.05, 4.69) is 20.3 Å². The Hall–Kier alpha value is -2.56. The molecule has 0 unspecified atom stereocenters. The number of hydrogen-bond donors (Lipinski definition) is 3. The SMILES string of the molecule is O=C(NCCc1ncc[nH]1)c1cccc2[nH]ccc12. The standard InChI is InChI=1S/C14H14N4O/c19-14(18-7-5-13-16-8-9-17-13)11-2-1-3-12-10(11)4-6-15-12/h1-4,6,8-9,15H,5,7H2,(H,16,17)(H,18,19). The van der Waals surface area contributed by atoms with Crippen LogP contribution in [0, 0.1) is 0 Å². The number of nitrogens with one attached hydrogen (secondary N) is 3. The highest BCUT2D eigenvalue weighted by atomic mass is 16.1. The minimum Gasteiger partial charge on any atom is -0.361 e. The Morgan fingerprint density at radius 1 is 1.21 bits per heavy atom. The molecule has 3 rings (SSSR count). The summed E-state index contributed by atoms with van der Waals surface area (Å²) in [5.41, 5.74) is 1.66. The van der Waals surface area contributed by atoms with Gasteiger partial charge >= 0.3 is 0 Å². The number of nitrogens with zero attached hydrogens (tertiary/aromatic N) is 1. The molecule has 19 heavy (non-hydrogen) atoms. The number of rotatable bonds is 4. The van der Waals surface area contributed by atoms with Crippen molar-refractivity contribution in [3.05, 3.63) is 54.2 Å². The molecule has 5 heteroatoms. The number of fused-ring (bicyclic) bond motifs is 1. The van der Waals surface area contributed by atoms with Crippen LogP contribution < -0.4 is 5.32 Å². The second kappa shape index (κ2) is 4.97. The van der Waals surface area contributed by atoms with Gasteiger partial charge in [-0.2, -0.15) is 0 Å². The molecule has 1 aromatic carbocycles. The van der Waals surface area contributed by atoms with Gasteiger partial charge in [0.15, 0.2) is 0 Å². The van der Waals surface area contributed by atoms with Crippen LogP contribution in [0.25, 0.3) is 10.9 Å². The van der Waals surface area contributed by atoms with Gasteiger partial charge in [-0.25, -0.2) is 4.98 Å². The number of aromatic nitrogens is 3. The van der Waals surface area contributed by atoms with Gasteiger partial charge in [0.1, 0.15) is 5.82 Å². The molecule has 0 atom stereocenters. The number of imidazole rings is 1. The highest BCUT2D eigenvalue weighted by molar-refractivity contribution is 6.06. The van der Waals surface area contributed by atoms with Crippen LogP contribution in [-0.4, -0.2) is 27.4 Å². The van der Waals surface area contributed by atoms with Crippen LogP contribution in [0.5, 0.6) is 0 Å². The van der Waals surface area contributed by atoms with E-state index in [1.165, 1.54) is 0 Å². The summed E-state index contributed by atoms with van der Waals surface area (Å²) in [6, 6.07) is 7.57. The van der Waals surface area contributed by atoms with Gasteiger partial charge in [0, 0.05) is 48.0 Å². The fourth-order valence-corrected chi connectivity index (χ4v) is 2.11. The molecule has 3 N–H and O–H groups in total. The van der Waals surface area contributed by atoms with E-state index in [9.17, 15) is 4.79 Å². The van der Waals surface area contributed by atoms with E-state index in [4.69, 9.17) is 0 Å². The summed E-state index contributed by atoms with van der Waals surface area (Å²) < 4.78 is 0. The zero-order valence-electron chi connectivity index (χ0n) is 10.3. The maximum Gasteiger partial charge on any atom is 0.251 e. The molecule has 0 bridgehead atoms. The average Bonchev–Trinajstić information content (AvgIpc) is 3.08. The van der Waals surface area contributed by atoms with Crippen LogP contribution in [0.1, 0.15) is 16.2 Å². The van der Waals surface area contributed by atoms with Crippen LogP contribution in [0.3, 0.4) is 0 Å². The molecule has 96 valence electrons. The summed E-state index contributed by atoms with van der Waals surface area (Å²) >= 11 is 0. The van der Waals surface area contributed by atoms with Gasteiger partial charge in [0.25, 0.3) is 5.91 Å². The van der Waals surface area contributed by atoms with Crippen molar-refractivity contribution in [2.45, 2.75) is 6.42 Å². The molecular weight excluding hydrogens is 240 g/mol. The first-order valence-electron chi connectivity index (χ1n) is 6.17. The van der Waals surface area contributed by atoms with Crippen molar-refractivity contribution in [3.8, 4) is 0 Å². The van der Waals surface area contributed by atoms with E-state index in [1.807, 2.05) is 30.5 Å². The van der Waals surface area contributed by atoms with Gasteiger partial charge in [-0.15, -0.1) is 0 Å². The summed E-state index contributed by atoms with van der Waals surface area (Å²) in [5, 5.41) is 3.85. The summed E-state index contributed by atoms with van der Waals surface area (Å²) in [6.45, 7) is 0.563. The third-order valence-electron chi connectivity index (χ3n) is 3.04. The molecule has 0 saturated carbocycles. The first kappa shape index (κ1) is 11.5. The molecule has 3 aromatic rings. The third-order valence-corrected chi connectivity index (χ3v) is 3.04. The molecule has 0 spiro atoms. The molecule has 0 fully saturated rings. The molecule has 0 aliphatic carbocycles. The number of carbonyl (C=O) groups is 1. The van der Waals surface area contributed by atoms with Gasteiger partial charge in [-0.3, -0.25) is 4.79 Å². The van der Waals surface area contributed by atoms with E-state index in [0.29, 0.717) is 18.5 Å². The Morgan fingerprint density at radius 2 is 2.16 bits per heavy atom. The molecule has 0 aliphatic heterocycles. The van der Waals surface area contributed by atoms with E-state index < -0.39 is 0 Å². The Balaban J connectivity index is 1.68. The van der Waals surface area contributed by atoms with Gasteiger partial charge in [0.05, 0.1) is 0 Å². The van der Waals surface area contributed by atoms with Crippen molar-refractivity contribution in [3.63, 3.8) is 0 Å². The third kappa shape index (κ3) is 2.35. The highest BCUT2D eigenvalue weighted by Gasteiger charge is 2.09. The number of carbonyl (C=O) groups excluding carboxylic acids is 1. The lowest BCUT2D eigenvalue weighted by Crippen LogP contribution is -2.26. The fraction of sp³-hybridized carbons (Fsp3) is 0.143.